The van der Waals surface area contributed by atoms with E-state index in [1.807, 2.05) is 0 Å². The van der Waals surface area contributed by atoms with Crippen molar-refractivity contribution in [3.05, 3.63) is 35.5 Å². The van der Waals surface area contributed by atoms with Gasteiger partial charge in [0.15, 0.2) is 9.84 Å². The van der Waals surface area contributed by atoms with Crippen molar-refractivity contribution in [1.82, 2.24) is 10.2 Å². The lowest BCUT2D eigenvalue weighted by molar-refractivity contribution is -0.221. The van der Waals surface area contributed by atoms with Crippen LogP contribution in [0.15, 0.2) is 35.5 Å². The first-order valence-corrected chi connectivity index (χ1v) is 22.2. The first kappa shape index (κ1) is 37.2. The van der Waals surface area contributed by atoms with Crippen molar-refractivity contribution in [1.29, 1.82) is 0 Å². The van der Waals surface area contributed by atoms with Gasteiger partial charge in [-0.25, -0.2) is 8.42 Å². The molecule has 4 saturated carbocycles. The molecule has 280 valence electrons. The zero-order chi connectivity index (χ0) is 36.1. The molecule has 1 aliphatic heterocycles. The molecule has 6 aliphatic carbocycles. The molecule has 0 aromatic carbocycles. The summed E-state index contributed by atoms with van der Waals surface area (Å²) in [6, 6.07) is 0. The molecule has 7 aliphatic rings. The molecule has 0 aromatic rings. The van der Waals surface area contributed by atoms with Gasteiger partial charge in [0.05, 0.1) is 11.5 Å². The van der Waals surface area contributed by atoms with Crippen LogP contribution in [0.5, 0.6) is 0 Å². The van der Waals surface area contributed by atoms with Crippen molar-refractivity contribution in [2.24, 2.45) is 51.2 Å². The first-order valence-electron chi connectivity index (χ1n) is 20.0. The zero-order valence-corrected chi connectivity index (χ0v) is 33.5. The van der Waals surface area contributed by atoms with Crippen molar-refractivity contribution in [2.75, 3.05) is 37.7 Å². The van der Waals surface area contributed by atoms with E-state index in [2.05, 4.69) is 70.5 Å². The summed E-state index contributed by atoms with van der Waals surface area (Å²) in [4.78, 5) is 13.0. The van der Waals surface area contributed by atoms with Crippen LogP contribution in [0.25, 0.3) is 0 Å². The van der Waals surface area contributed by atoms with Gasteiger partial charge in [-0.3, -0.25) is 4.79 Å². The highest BCUT2D eigenvalue weighted by molar-refractivity contribution is 7.91. The van der Waals surface area contributed by atoms with Crippen molar-refractivity contribution in [2.45, 2.75) is 129 Å². The lowest BCUT2D eigenvalue weighted by atomic mass is 9.33. The molecule has 7 rings (SSSR count). The van der Waals surface area contributed by atoms with E-state index in [9.17, 15) is 18.3 Å². The predicted molar refractivity (Wildman–Crippen MR) is 204 cm³/mol. The molecule has 6 nitrogen and oxygen atoms in total. The summed E-state index contributed by atoms with van der Waals surface area (Å²) in [5, 5.41) is 13.9. The number of aliphatic carboxylic acids is 1. The third-order valence-corrected chi connectivity index (χ3v) is 19.3. The molecule has 50 heavy (non-hydrogen) atoms. The SMILES string of the molecule is C=C(C)[C@@H]1CC[C@]2(NCCN3CCS(=O)(=O)CC3)CC[C@]3(C)[C@H](CC[C@@H]4[C@@]5(C)CC=C(C6=CCC(Cl)(C(=O)O)CC6)C(C)(C)[C@@H]5CC[C@]43C)[C@@H]12. The van der Waals surface area contributed by atoms with E-state index in [4.69, 9.17) is 11.6 Å². The monoisotopic (exact) mass is 728 g/mol. The Labute approximate surface area is 308 Å². The number of fused-ring (bicyclic) bond motifs is 7. The number of rotatable bonds is 7. The van der Waals surface area contributed by atoms with Gasteiger partial charge in [0.1, 0.15) is 4.87 Å². The molecule has 2 N–H and O–H groups in total. The number of allylic oxidation sites excluding steroid dienone is 5. The Hall–Kier alpha value is -1.15. The normalized spacial score (nSPS) is 46.7. The summed E-state index contributed by atoms with van der Waals surface area (Å²) < 4.78 is 24.1. The molecular weight excluding hydrogens is 664 g/mol. The maximum Gasteiger partial charge on any atom is 0.325 e. The third-order valence-electron chi connectivity index (χ3n) is 17.2. The Morgan fingerprint density at radius 2 is 1.66 bits per heavy atom. The minimum Gasteiger partial charge on any atom is -0.480 e. The number of halogens is 1. The second-order valence-electron chi connectivity index (χ2n) is 19.5. The van der Waals surface area contributed by atoms with Crippen LogP contribution in [0.1, 0.15) is 119 Å². The smallest absolute Gasteiger partial charge is 0.325 e. The van der Waals surface area contributed by atoms with Gasteiger partial charge in [0, 0.05) is 31.7 Å². The fourth-order valence-corrected chi connectivity index (χ4v) is 15.8. The van der Waals surface area contributed by atoms with E-state index in [0.29, 0.717) is 67.0 Å². The highest BCUT2D eigenvalue weighted by Crippen LogP contribution is 2.76. The number of nitrogens with one attached hydrogen (secondary N) is 1. The van der Waals surface area contributed by atoms with E-state index in [0.717, 1.165) is 25.9 Å². The molecule has 10 atom stereocenters. The number of nitrogens with zero attached hydrogens (tertiary/aromatic N) is 1. The van der Waals surface area contributed by atoms with E-state index in [1.165, 1.54) is 68.1 Å². The molecule has 8 heteroatoms. The summed E-state index contributed by atoms with van der Waals surface area (Å²) in [5.41, 5.74) is 5.14. The van der Waals surface area contributed by atoms with Crippen molar-refractivity contribution >= 4 is 27.4 Å². The molecule has 1 saturated heterocycles. The Morgan fingerprint density at radius 3 is 2.30 bits per heavy atom. The first-order chi connectivity index (χ1) is 23.3. The number of hydrogen-bond acceptors (Lipinski definition) is 5. The van der Waals surface area contributed by atoms with Gasteiger partial charge in [0.25, 0.3) is 0 Å². The Bertz CT molecular complexity index is 1570. The molecule has 1 unspecified atom stereocenters. The van der Waals surface area contributed by atoms with Gasteiger partial charge in [0.2, 0.25) is 0 Å². The quantitative estimate of drug-likeness (QED) is 0.202. The summed E-state index contributed by atoms with van der Waals surface area (Å²) in [5.74, 6) is 2.82. The van der Waals surface area contributed by atoms with E-state index in [1.54, 1.807) is 0 Å². The number of carbonyl (C=O) groups is 1. The van der Waals surface area contributed by atoms with E-state index in [-0.39, 0.29) is 27.2 Å². The fraction of sp³-hybridized carbons (Fsp3) is 0.833. The Balaban J connectivity index is 1.13. The van der Waals surface area contributed by atoms with Crippen molar-refractivity contribution in [3.8, 4) is 0 Å². The number of alkyl halides is 1. The fourth-order valence-electron chi connectivity index (χ4n) is 14.3. The largest absolute Gasteiger partial charge is 0.480 e. The predicted octanol–water partition coefficient (Wildman–Crippen LogP) is 8.43. The van der Waals surface area contributed by atoms with Gasteiger partial charge in [-0.05, 0) is 146 Å². The number of hydrogen-bond donors (Lipinski definition) is 2. The number of carboxylic acids is 1. The average molecular weight is 730 g/mol. The van der Waals surface area contributed by atoms with Crippen molar-refractivity contribution in [3.63, 3.8) is 0 Å². The average Bonchev–Trinajstić information content (AvgIpc) is 3.43. The summed E-state index contributed by atoms with van der Waals surface area (Å²) >= 11 is 6.52. The topological polar surface area (TPSA) is 86.7 Å². The maximum atomic E-state index is 12.0. The molecule has 0 spiro atoms. The molecular formula is C42H65ClN2O4S. The molecule has 1 heterocycles. The number of carboxylic acid groups (broad SMARTS) is 1. The molecule has 0 aromatic heterocycles. The van der Waals surface area contributed by atoms with Gasteiger partial charge in [-0.1, -0.05) is 58.9 Å². The molecule has 5 fully saturated rings. The van der Waals surface area contributed by atoms with E-state index < -0.39 is 20.7 Å². The molecule has 0 bridgehead atoms. The highest BCUT2D eigenvalue weighted by atomic mass is 35.5. The lowest BCUT2D eigenvalue weighted by Crippen LogP contribution is -2.68. The molecule has 0 amide bonds. The highest BCUT2D eigenvalue weighted by Gasteiger charge is 2.70. The summed E-state index contributed by atoms with van der Waals surface area (Å²) in [7, 11) is -2.86. The van der Waals surface area contributed by atoms with Gasteiger partial charge in [-0.15, -0.1) is 11.6 Å². The Kier molecular flexibility index (Phi) is 9.26. The van der Waals surface area contributed by atoms with Crippen LogP contribution < -0.4 is 5.32 Å². The van der Waals surface area contributed by atoms with Gasteiger partial charge in [-0.2, -0.15) is 0 Å². The number of sulfone groups is 1. The molecule has 0 radical (unpaired) electrons. The van der Waals surface area contributed by atoms with Crippen LogP contribution >= 0.6 is 11.6 Å². The summed E-state index contributed by atoms with van der Waals surface area (Å²) in [6.07, 6.45) is 17.6. The van der Waals surface area contributed by atoms with Crippen LogP contribution in [0.2, 0.25) is 0 Å². The van der Waals surface area contributed by atoms with Crippen LogP contribution in [0, 0.1) is 51.2 Å². The summed E-state index contributed by atoms with van der Waals surface area (Å²) in [6.45, 7) is 23.1. The van der Waals surface area contributed by atoms with Crippen LogP contribution in [0.3, 0.4) is 0 Å². The second-order valence-corrected chi connectivity index (χ2v) is 22.5. The third kappa shape index (κ3) is 5.58. The zero-order valence-electron chi connectivity index (χ0n) is 31.9. The maximum absolute atomic E-state index is 12.0. The Morgan fingerprint density at radius 1 is 0.940 bits per heavy atom. The van der Waals surface area contributed by atoms with Crippen molar-refractivity contribution < 1.29 is 18.3 Å². The minimum atomic E-state index is -2.86. The van der Waals surface area contributed by atoms with Crippen LogP contribution in [0.4, 0.5) is 0 Å². The lowest BCUT2D eigenvalue weighted by Gasteiger charge is -2.72. The van der Waals surface area contributed by atoms with E-state index >= 15 is 0 Å². The van der Waals surface area contributed by atoms with Crippen LogP contribution in [-0.4, -0.2) is 72.5 Å². The van der Waals surface area contributed by atoms with Gasteiger partial charge >= 0.3 is 5.97 Å². The second kappa shape index (κ2) is 12.4. The van der Waals surface area contributed by atoms with Gasteiger partial charge < -0.3 is 15.3 Å². The van der Waals surface area contributed by atoms with Crippen LogP contribution in [-0.2, 0) is 14.6 Å². The standard InChI is InChI=1S/C42H65ClN2O4S/c1-28(2)30-12-19-42(44-22-23-45-24-26-50(48,49)27-25-45)21-20-39(6)32(35(30)42)8-9-34-38(5)15-13-31(29-10-17-41(43,18-11-29)36(46)47)37(3,4)33(38)14-16-40(34,39)7/h10,13,30,32-35,44H,1,8-9,11-12,14-27H2,2-7H3,(H,46,47)/t30-,32+,33-,34+,35+,38-,39+,40+,41?,42-/m0/s1. The minimum absolute atomic E-state index is 0.0358.